The van der Waals surface area contributed by atoms with Crippen molar-refractivity contribution < 1.29 is 23.0 Å². The summed E-state index contributed by atoms with van der Waals surface area (Å²) in [7, 11) is 0. The summed E-state index contributed by atoms with van der Waals surface area (Å²) in [5.74, 6) is 0.447. The minimum absolute atomic E-state index is 0.0827. The number of benzene rings is 1. The SMILES string of the molecule is Cc1c(OCC(F)(F)F)ccnc1CC(O)c1nc2ccc(-n3cccc3)cc2[nH]1. The topological polar surface area (TPSA) is 76.0 Å². The van der Waals surface area contributed by atoms with Crippen molar-refractivity contribution >= 4 is 11.0 Å². The standard InChI is InChI=1S/C21H19F3N4O2/c1-13-16(25-7-6-19(13)30-12-21(22,23)24)11-18(29)20-26-15-5-4-14(10-17(15)27-20)28-8-2-3-9-28/h2-10,18,29H,11-12H2,1H3,(H,26,27). The molecule has 0 spiro atoms. The molecule has 1 unspecified atom stereocenters. The number of pyridine rings is 1. The molecule has 30 heavy (non-hydrogen) atoms. The molecule has 0 saturated heterocycles. The van der Waals surface area contributed by atoms with E-state index in [1.54, 1.807) is 6.92 Å². The number of ether oxygens (including phenoxy) is 1. The molecule has 1 atom stereocenters. The number of aliphatic hydroxyl groups is 1. The third-order valence-electron chi connectivity index (χ3n) is 4.74. The van der Waals surface area contributed by atoms with Gasteiger partial charge >= 0.3 is 6.18 Å². The van der Waals surface area contributed by atoms with Crippen LogP contribution in [0, 0.1) is 6.92 Å². The number of H-pyrrole nitrogens is 1. The summed E-state index contributed by atoms with van der Waals surface area (Å²) in [6.45, 7) is 0.232. The molecule has 0 fully saturated rings. The van der Waals surface area contributed by atoms with E-state index in [2.05, 4.69) is 15.0 Å². The number of aromatic amines is 1. The van der Waals surface area contributed by atoms with E-state index in [9.17, 15) is 18.3 Å². The normalized spacial score (nSPS) is 13.0. The summed E-state index contributed by atoms with van der Waals surface area (Å²) in [6.07, 6.45) is -0.132. The number of nitrogens with one attached hydrogen (secondary N) is 1. The Morgan fingerprint density at radius 2 is 1.97 bits per heavy atom. The predicted molar refractivity (Wildman–Crippen MR) is 105 cm³/mol. The molecular weight excluding hydrogens is 397 g/mol. The summed E-state index contributed by atoms with van der Waals surface area (Å²) < 4.78 is 44.1. The van der Waals surface area contributed by atoms with Crippen LogP contribution in [0.15, 0.2) is 55.0 Å². The second kappa shape index (κ2) is 7.83. The number of aromatic nitrogens is 4. The maximum Gasteiger partial charge on any atom is 0.422 e. The Bertz CT molecular complexity index is 1150. The lowest BCUT2D eigenvalue weighted by Gasteiger charge is -2.14. The van der Waals surface area contributed by atoms with Gasteiger partial charge in [-0.15, -0.1) is 0 Å². The molecule has 0 bridgehead atoms. The molecule has 0 saturated carbocycles. The zero-order valence-corrected chi connectivity index (χ0v) is 16.0. The highest BCUT2D eigenvalue weighted by molar-refractivity contribution is 5.77. The number of hydrogen-bond acceptors (Lipinski definition) is 4. The van der Waals surface area contributed by atoms with Crippen LogP contribution in [0.4, 0.5) is 13.2 Å². The molecule has 0 aliphatic heterocycles. The molecule has 0 aliphatic rings. The summed E-state index contributed by atoms with van der Waals surface area (Å²) in [5.41, 5.74) is 3.31. The first-order valence-corrected chi connectivity index (χ1v) is 9.25. The molecule has 2 N–H and O–H groups in total. The second-order valence-corrected chi connectivity index (χ2v) is 6.92. The van der Waals surface area contributed by atoms with Crippen LogP contribution in [0.2, 0.25) is 0 Å². The van der Waals surface area contributed by atoms with E-state index in [0.717, 1.165) is 11.2 Å². The lowest BCUT2D eigenvalue weighted by atomic mass is 10.1. The molecule has 4 rings (SSSR count). The first-order chi connectivity index (χ1) is 14.3. The van der Waals surface area contributed by atoms with Gasteiger partial charge in [-0.25, -0.2) is 4.98 Å². The fraction of sp³-hybridized carbons (Fsp3) is 0.238. The third kappa shape index (κ3) is 4.30. The minimum Gasteiger partial charge on any atom is -0.484 e. The number of halogens is 3. The highest BCUT2D eigenvalue weighted by Crippen LogP contribution is 2.27. The maximum absolute atomic E-state index is 12.4. The summed E-state index contributed by atoms with van der Waals surface area (Å²) in [6, 6.07) is 10.9. The molecule has 6 nitrogen and oxygen atoms in total. The van der Waals surface area contributed by atoms with Crippen molar-refractivity contribution in [2.45, 2.75) is 25.6 Å². The van der Waals surface area contributed by atoms with Gasteiger partial charge in [0.25, 0.3) is 0 Å². The monoisotopic (exact) mass is 416 g/mol. The number of fused-ring (bicyclic) bond motifs is 1. The fourth-order valence-electron chi connectivity index (χ4n) is 3.20. The van der Waals surface area contributed by atoms with Crippen LogP contribution in [0.3, 0.4) is 0 Å². The van der Waals surface area contributed by atoms with Crippen molar-refractivity contribution in [1.29, 1.82) is 0 Å². The Labute approximate surface area is 170 Å². The lowest BCUT2D eigenvalue weighted by molar-refractivity contribution is -0.153. The van der Waals surface area contributed by atoms with E-state index >= 15 is 0 Å². The Balaban J connectivity index is 1.54. The van der Waals surface area contributed by atoms with Crippen LogP contribution < -0.4 is 4.74 Å². The van der Waals surface area contributed by atoms with Crippen LogP contribution in [0.1, 0.15) is 23.2 Å². The first-order valence-electron chi connectivity index (χ1n) is 9.25. The molecule has 4 aromatic rings. The van der Waals surface area contributed by atoms with Crippen molar-refractivity contribution in [1.82, 2.24) is 19.5 Å². The predicted octanol–water partition coefficient (Wildman–Crippen LogP) is 4.27. The van der Waals surface area contributed by atoms with E-state index in [1.165, 1.54) is 12.3 Å². The van der Waals surface area contributed by atoms with Crippen molar-refractivity contribution in [2.75, 3.05) is 6.61 Å². The second-order valence-electron chi connectivity index (χ2n) is 6.92. The van der Waals surface area contributed by atoms with Gasteiger partial charge in [0.05, 0.1) is 11.0 Å². The smallest absolute Gasteiger partial charge is 0.422 e. The van der Waals surface area contributed by atoms with Gasteiger partial charge in [-0.05, 0) is 43.3 Å². The van der Waals surface area contributed by atoms with Crippen molar-refractivity contribution in [3.8, 4) is 11.4 Å². The van der Waals surface area contributed by atoms with Gasteiger partial charge in [-0.2, -0.15) is 13.2 Å². The number of nitrogens with zero attached hydrogens (tertiary/aromatic N) is 3. The zero-order valence-electron chi connectivity index (χ0n) is 16.0. The van der Waals surface area contributed by atoms with Gasteiger partial charge in [-0.3, -0.25) is 4.98 Å². The Morgan fingerprint density at radius 3 is 2.70 bits per heavy atom. The average molecular weight is 416 g/mol. The molecule has 0 radical (unpaired) electrons. The van der Waals surface area contributed by atoms with Gasteiger partial charge in [0.15, 0.2) is 6.61 Å². The zero-order chi connectivity index (χ0) is 21.3. The molecule has 156 valence electrons. The third-order valence-corrected chi connectivity index (χ3v) is 4.74. The van der Waals surface area contributed by atoms with E-state index in [0.29, 0.717) is 22.6 Å². The number of imidazole rings is 1. The van der Waals surface area contributed by atoms with Crippen molar-refractivity contribution in [3.05, 3.63) is 72.1 Å². The summed E-state index contributed by atoms with van der Waals surface area (Å²) in [5, 5.41) is 10.6. The Hall–Kier alpha value is -3.33. The maximum atomic E-state index is 12.4. The molecule has 3 aromatic heterocycles. The van der Waals surface area contributed by atoms with E-state index in [1.807, 2.05) is 47.3 Å². The molecule has 0 amide bonds. The highest BCUT2D eigenvalue weighted by Gasteiger charge is 2.29. The number of rotatable bonds is 6. The van der Waals surface area contributed by atoms with Crippen molar-refractivity contribution in [2.24, 2.45) is 0 Å². The number of alkyl halides is 3. The van der Waals surface area contributed by atoms with E-state index < -0.39 is 18.9 Å². The number of aliphatic hydroxyl groups excluding tert-OH is 1. The highest BCUT2D eigenvalue weighted by atomic mass is 19.4. The van der Waals surface area contributed by atoms with Crippen LogP contribution in [0.5, 0.6) is 5.75 Å². The van der Waals surface area contributed by atoms with Gasteiger partial charge in [-0.1, -0.05) is 0 Å². The van der Waals surface area contributed by atoms with Crippen molar-refractivity contribution in [3.63, 3.8) is 0 Å². The van der Waals surface area contributed by atoms with Gasteiger partial charge < -0.3 is 19.4 Å². The molecule has 0 aliphatic carbocycles. The Kier molecular flexibility index (Phi) is 5.21. The fourth-order valence-corrected chi connectivity index (χ4v) is 3.20. The summed E-state index contributed by atoms with van der Waals surface area (Å²) >= 11 is 0. The molecular formula is C21H19F3N4O2. The van der Waals surface area contributed by atoms with Gasteiger partial charge in [0.1, 0.15) is 17.7 Å². The lowest BCUT2D eigenvalue weighted by Crippen LogP contribution is -2.20. The summed E-state index contributed by atoms with van der Waals surface area (Å²) in [4.78, 5) is 11.7. The average Bonchev–Trinajstić information content (AvgIpc) is 3.37. The van der Waals surface area contributed by atoms with Gasteiger partial charge in [0.2, 0.25) is 0 Å². The van der Waals surface area contributed by atoms with Crippen LogP contribution in [0.25, 0.3) is 16.7 Å². The Morgan fingerprint density at radius 1 is 1.20 bits per heavy atom. The molecule has 9 heteroatoms. The van der Waals surface area contributed by atoms with Crippen LogP contribution in [-0.4, -0.2) is 37.4 Å². The van der Waals surface area contributed by atoms with Crippen LogP contribution >= 0.6 is 0 Å². The van der Waals surface area contributed by atoms with E-state index in [4.69, 9.17) is 4.74 Å². The van der Waals surface area contributed by atoms with Crippen LogP contribution in [-0.2, 0) is 6.42 Å². The quantitative estimate of drug-likeness (QED) is 0.492. The first kappa shape index (κ1) is 20.0. The number of hydrogen-bond donors (Lipinski definition) is 2. The largest absolute Gasteiger partial charge is 0.484 e. The minimum atomic E-state index is -4.43. The molecule has 3 heterocycles. The molecule has 1 aromatic carbocycles. The van der Waals surface area contributed by atoms with Gasteiger partial charge in [0, 0.05) is 42.0 Å². The van der Waals surface area contributed by atoms with E-state index in [-0.39, 0.29) is 12.2 Å².